The quantitative estimate of drug-likeness (QED) is 0.309. The number of carbonyl (C=O) groups excluding carboxylic acids is 1. The second-order valence-electron chi connectivity index (χ2n) is 10.5. The lowest BCUT2D eigenvalue weighted by atomic mass is 9.79. The van der Waals surface area contributed by atoms with E-state index in [9.17, 15) is 4.79 Å². The molecule has 4 aromatic heterocycles. The largest absolute Gasteiger partial charge is 0.457 e. The summed E-state index contributed by atoms with van der Waals surface area (Å²) in [5.41, 5.74) is 2.49. The molecule has 6 heterocycles. The van der Waals surface area contributed by atoms with E-state index in [0.717, 1.165) is 38.4 Å². The predicted molar refractivity (Wildman–Crippen MR) is 151 cm³/mol. The van der Waals surface area contributed by atoms with Crippen LogP contribution in [0.5, 0.6) is 11.5 Å². The van der Waals surface area contributed by atoms with Crippen molar-refractivity contribution in [1.29, 1.82) is 0 Å². The van der Waals surface area contributed by atoms with Crippen LogP contribution in [0.25, 0.3) is 16.7 Å². The lowest BCUT2D eigenvalue weighted by molar-refractivity contribution is -0.136. The van der Waals surface area contributed by atoms with Gasteiger partial charge in [0.1, 0.15) is 35.5 Å². The monoisotopic (exact) mass is 551 g/mol. The summed E-state index contributed by atoms with van der Waals surface area (Å²) >= 11 is 0. The fourth-order valence-electron chi connectivity index (χ4n) is 5.62. The van der Waals surface area contributed by atoms with Gasteiger partial charge in [0, 0.05) is 49.4 Å². The molecule has 0 unspecified atom stereocenters. The number of ether oxygens (including phenoxy) is 1. The number of anilines is 3. The summed E-state index contributed by atoms with van der Waals surface area (Å²) in [6.07, 6.45) is 6.96. The molecule has 2 aliphatic heterocycles. The maximum atomic E-state index is 15.5. The maximum Gasteiger partial charge on any atom is 0.245 e. The van der Waals surface area contributed by atoms with Crippen LogP contribution in [-0.2, 0) is 4.79 Å². The van der Waals surface area contributed by atoms with E-state index in [1.807, 2.05) is 17.0 Å². The molecule has 0 saturated carbocycles. The molecular formula is C29H26FN9O2. The number of halogens is 1. The number of benzene rings is 1. The summed E-state index contributed by atoms with van der Waals surface area (Å²) in [6.45, 7) is 8.34. The Bertz CT molecular complexity index is 1830. The first kappa shape index (κ1) is 24.9. The molecule has 0 aliphatic carbocycles. The summed E-state index contributed by atoms with van der Waals surface area (Å²) in [5.74, 6) is 1.63. The Hall–Kier alpha value is -5.13. The molecule has 2 fully saturated rings. The smallest absolute Gasteiger partial charge is 0.245 e. The molecule has 206 valence electrons. The third-order valence-corrected chi connectivity index (χ3v) is 7.84. The van der Waals surface area contributed by atoms with Crippen LogP contribution in [0.15, 0.2) is 67.9 Å². The van der Waals surface area contributed by atoms with Gasteiger partial charge in [0.15, 0.2) is 17.3 Å². The van der Waals surface area contributed by atoms with Crippen molar-refractivity contribution < 1.29 is 13.9 Å². The Labute approximate surface area is 234 Å². The summed E-state index contributed by atoms with van der Waals surface area (Å²) in [4.78, 5) is 33.7. The molecular weight excluding hydrogens is 525 g/mol. The Morgan fingerprint density at radius 3 is 2.85 bits per heavy atom. The molecule has 0 bridgehead atoms. The fraction of sp³-hybridized carbons (Fsp3) is 0.241. The minimum absolute atomic E-state index is 0.0267. The Morgan fingerprint density at radius 2 is 2.00 bits per heavy atom. The highest BCUT2D eigenvalue weighted by molar-refractivity contribution is 5.89. The normalized spacial score (nSPS) is 15.9. The van der Waals surface area contributed by atoms with Crippen LogP contribution in [0.1, 0.15) is 12.0 Å². The van der Waals surface area contributed by atoms with Crippen LogP contribution in [0.4, 0.5) is 21.7 Å². The number of aromatic nitrogens is 6. The zero-order chi connectivity index (χ0) is 28.1. The lowest BCUT2D eigenvalue weighted by Crippen LogP contribution is -2.59. The molecule has 2 aliphatic rings. The number of likely N-dealkylation sites (tertiary alicyclic amines) is 1. The van der Waals surface area contributed by atoms with E-state index in [1.54, 1.807) is 41.9 Å². The molecule has 7 rings (SSSR count). The van der Waals surface area contributed by atoms with Gasteiger partial charge in [0.05, 0.1) is 11.2 Å². The fourth-order valence-corrected chi connectivity index (χ4v) is 5.62. The second-order valence-corrected chi connectivity index (χ2v) is 10.5. The number of amides is 1. The molecule has 1 aromatic carbocycles. The van der Waals surface area contributed by atoms with Crippen LogP contribution < -0.4 is 15.0 Å². The van der Waals surface area contributed by atoms with E-state index in [-0.39, 0.29) is 17.0 Å². The van der Waals surface area contributed by atoms with Crippen LogP contribution >= 0.6 is 0 Å². The molecule has 12 heteroatoms. The molecule has 41 heavy (non-hydrogen) atoms. The van der Waals surface area contributed by atoms with Crippen LogP contribution in [0.2, 0.25) is 0 Å². The topological polar surface area (TPSA) is 114 Å². The van der Waals surface area contributed by atoms with Crippen molar-refractivity contribution in [1.82, 2.24) is 34.4 Å². The van der Waals surface area contributed by atoms with Gasteiger partial charge in [-0.05, 0) is 49.8 Å². The highest BCUT2D eigenvalue weighted by atomic mass is 19.1. The standard InChI is InChI=1S/C29H26FN9O2/c1-3-25(40)38-14-29(15-38)9-11-37(13-29)23-7-5-21-27(36-23)28(33-16-31-21)35-20-4-6-22(18(2)26(20)30)41-19-8-10-39-24(12-19)32-17-34-39/h3-8,10,12,16-17H,1,9,11,13-15H2,2H3,(H,31,33,35). The molecule has 1 amide bonds. The number of carbonyl (C=O) groups is 1. The lowest BCUT2D eigenvalue weighted by Gasteiger charge is -2.47. The van der Waals surface area contributed by atoms with Crippen LogP contribution in [0.3, 0.4) is 0 Å². The third kappa shape index (κ3) is 4.37. The van der Waals surface area contributed by atoms with E-state index < -0.39 is 5.82 Å². The van der Waals surface area contributed by atoms with Crippen molar-refractivity contribution in [2.75, 3.05) is 36.4 Å². The van der Waals surface area contributed by atoms with E-state index in [2.05, 4.69) is 36.8 Å². The molecule has 1 spiro atoms. The summed E-state index contributed by atoms with van der Waals surface area (Å²) < 4.78 is 23.1. The highest BCUT2D eigenvalue weighted by Crippen LogP contribution is 2.41. The molecule has 2 saturated heterocycles. The van der Waals surface area contributed by atoms with Gasteiger partial charge in [-0.15, -0.1) is 0 Å². The van der Waals surface area contributed by atoms with Crippen molar-refractivity contribution in [2.24, 2.45) is 5.41 Å². The number of nitrogens with zero attached hydrogens (tertiary/aromatic N) is 8. The average molecular weight is 552 g/mol. The van der Waals surface area contributed by atoms with Crippen molar-refractivity contribution in [3.8, 4) is 11.5 Å². The van der Waals surface area contributed by atoms with Gasteiger partial charge in [0.25, 0.3) is 0 Å². The SMILES string of the molecule is C=CC(=O)N1CC2(CCN(c3ccc4ncnc(Nc5ccc(Oc6ccn7ncnc7c6)c(C)c5F)c4n3)C2)C1. The van der Waals surface area contributed by atoms with E-state index in [0.29, 0.717) is 39.6 Å². The average Bonchev–Trinajstić information content (AvgIpc) is 3.63. The second kappa shape index (κ2) is 9.51. The summed E-state index contributed by atoms with van der Waals surface area (Å²) in [6, 6.07) is 10.6. The first-order chi connectivity index (χ1) is 19.9. The van der Waals surface area contributed by atoms with Gasteiger partial charge in [0.2, 0.25) is 5.91 Å². The molecule has 5 aromatic rings. The highest BCUT2D eigenvalue weighted by Gasteiger charge is 2.49. The van der Waals surface area contributed by atoms with Gasteiger partial charge in [-0.2, -0.15) is 5.10 Å². The van der Waals surface area contributed by atoms with Gasteiger partial charge >= 0.3 is 0 Å². The van der Waals surface area contributed by atoms with Gasteiger partial charge in [-0.3, -0.25) is 4.79 Å². The minimum Gasteiger partial charge on any atom is -0.457 e. The van der Waals surface area contributed by atoms with Crippen molar-refractivity contribution in [2.45, 2.75) is 13.3 Å². The molecule has 0 radical (unpaired) electrons. The number of rotatable bonds is 6. The first-order valence-corrected chi connectivity index (χ1v) is 13.2. The molecule has 11 nitrogen and oxygen atoms in total. The van der Waals surface area contributed by atoms with Gasteiger partial charge in [-0.25, -0.2) is 28.8 Å². The van der Waals surface area contributed by atoms with E-state index >= 15 is 4.39 Å². The zero-order valence-corrected chi connectivity index (χ0v) is 22.3. The van der Waals surface area contributed by atoms with Crippen molar-refractivity contribution in [3.63, 3.8) is 0 Å². The van der Waals surface area contributed by atoms with Gasteiger partial charge in [-0.1, -0.05) is 6.58 Å². The predicted octanol–water partition coefficient (Wildman–Crippen LogP) is 4.28. The number of fused-ring (bicyclic) bond motifs is 2. The Kier molecular flexibility index (Phi) is 5.77. The van der Waals surface area contributed by atoms with Crippen LogP contribution in [0, 0.1) is 18.2 Å². The molecule has 0 atom stereocenters. The van der Waals surface area contributed by atoms with E-state index in [4.69, 9.17) is 9.72 Å². The maximum absolute atomic E-state index is 15.5. The molecule has 1 N–H and O–H groups in total. The number of hydrogen-bond donors (Lipinski definition) is 1. The Balaban J connectivity index is 1.12. The summed E-state index contributed by atoms with van der Waals surface area (Å²) in [7, 11) is 0. The number of nitrogens with one attached hydrogen (secondary N) is 1. The number of pyridine rings is 2. The van der Waals surface area contributed by atoms with E-state index in [1.165, 1.54) is 18.7 Å². The third-order valence-electron chi connectivity index (χ3n) is 7.84. The minimum atomic E-state index is -0.459. The van der Waals surface area contributed by atoms with Crippen LogP contribution in [-0.4, -0.2) is 66.5 Å². The van der Waals surface area contributed by atoms with Gasteiger partial charge < -0.3 is 19.9 Å². The number of hydrogen-bond acceptors (Lipinski definition) is 9. The van der Waals surface area contributed by atoms with Crippen molar-refractivity contribution in [3.05, 3.63) is 79.3 Å². The first-order valence-electron chi connectivity index (χ1n) is 13.2. The Morgan fingerprint density at radius 1 is 1.12 bits per heavy atom. The zero-order valence-electron chi connectivity index (χ0n) is 22.3. The van der Waals surface area contributed by atoms with Crippen molar-refractivity contribution >= 4 is 39.9 Å². The summed E-state index contributed by atoms with van der Waals surface area (Å²) in [5, 5.41) is 7.18.